The summed E-state index contributed by atoms with van der Waals surface area (Å²) < 4.78 is 1.72. The first-order valence-electron chi connectivity index (χ1n) is 12.9. The predicted molar refractivity (Wildman–Crippen MR) is 142 cm³/mol. The summed E-state index contributed by atoms with van der Waals surface area (Å²) >= 11 is 0. The Labute approximate surface area is 214 Å². The molecule has 0 saturated heterocycles. The van der Waals surface area contributed by atoms with Gasteiger partial charge in [-0.3, -0.25) is 4.98 Å². The number of benzene rings is 1. The van der Waals surface area contributed by atoms with Gasteiger partial charge in [-0.25, -0.2) is 4.68 Å². The van der Waals surface area contributed by atoms with Gasteiger partial charge in [-0.15, -0.1) is 5.10 Å². The quantitative estimate of drug-likeness (QED) is 0.326. The molecule has 2 atom stereocenters. The van der Waals surface area contributed by atoms with E-state index in [4.69, 9.17) is 9.82 Å². The monoisotopic (exact) mass is 490 g/mol. The molecular formula is C28H38N6O2. The van der Waals surface area contributed by atoms with E-state index in [-0.39, 0.29) is 18.8 Å². The molecule has 4 rings (SSSR count). The maximum absolute atomic E-state index is 9.89. The Balaban J connectivity index is 1.33. The van der Waals surface area contributed by atoms with Gasteiger partial charge in [0.1, 0.15) is 5.69 Å². The van der Waals surface area contributed by atoms with Gasteiger partial charge in [0.25, 0.3) is 0 Å². The minimum atomic E-state index is -0.335. The van der Waals surface area contributed by atoms with E-state index in [1.807, 2.05) is 50.4 Å². The van der Waals surface area contributed by atoms with Gasteiger partial charge in [-0.1, -0.05) is 40.7 Å². The molecule has 0 bridgehead atoms. The van der Waals surface area contributed by atoms with E-state index in [0.29, 0.717) is 12.1 Å². The number of anilines is 1. The molecule has 0 aliphatic carbocycles. The van der Waals surface area contributed by atoms with Crippen molar-refractivity contribution >= 4 is 11.4 Å². The number of hydrogen-bond acceptors (Lipinski definition) is 7. The molecule has 2 aromatic heterocycles. The molecule has 0 fully saturated rings. The average molecular weight is 491 g/mol. The Kier molecular flexibility index (Phi) is 8.70. The fraction of sp³-hybridized carbons (Fsp3) is 0.500. The Morgan fingerprint density at radius 1 is 1.19 bits per heavy atom. The first kappa shape index (κ1) is 25.8. The van der Waals surface area contributed by atoms with Crippen molar-refractivity contribution in [2.45, 2.75) is 71.9 Å². The lowest BCUT2D eigenvalue weighted by Gasteiger charge is -2.25. The lowest BCUT2D eigenvalue weighted by atomic mass is 10.1. The van der Waals surface area contributed by atoms with E-state index in [0.717, 1.165) is 42.9 Å². The van der Waals surface area contributed by atoms with Gasteiger partial charge in [-0.05, 0) is 70.6 Å². The average Bonchev–Trinajstić information content (AvgIpc) is 3.30. The summed E-state index contributed by atoms with van der Waals surface area (Å²) in [5, 5.41) is 22.8. The highest BCUT2D eigenvalue weighted by atomic mass is 16.6. The summed E-state index contributed by atoms with van der Waals surface area (Å²) in [5.74, 6) is 0. The van der Waals surface area contributed by atoms with Crippen LogP contribution in [0.3, 0.4) is 0 Å². The third-order valence-electron chi connectivity index (χ3n) is 6.91. The summed E-state index contributed by atoms with van der Waals surface area (Å²) in [4.78, 5) is 13.1. The van der Waals surface area contributed by atoms with Crippen LogP contribution < -0.4 is 4.90 Å². The second kappa shape index (κ2) is 12.1. The standard InChI is InChI=1S/C28H38N6O2/c1-20-16-28-26(29-22(20)3)12-8-9-14-33(28)15-13-21(2)31-36-23(4)27-18-34(32-30-27)25(19-35)17-24-10-6-5-7-11-24/h5-7,10-11,16,18,23,25,35H,8-9,12-15,17,19H2,1-4H3/b31-21-/t23-,25+/m1/s1. The van der Waals surface area contributed by atoms with E-state index in [9.17, 15) is 5.11 Å². The van der Waals surface area contributed by atoms with Crippen LogP contribution in [0.2, 0.25) is 0 Å². The van der Waals surface area contributed by atoms with Crippen molar-refractivity contribution in [2.75, 3.05) is 24.6 Å². The highest BCUT2D eigenvalue weighted by Crippen LogP contribution is 2.27. The van der Waals surface area contributed by atoms with Crippen molar-refractivity contribution in [3.8, 4) is 0 Å². The van der Waals surface area contributed by atoms with E-state index in [1.54, 1.807) is 4.68 Å². The number of aromatic nitrogens is 4. The zero-order chi connectivity index (χ0) is 25.5. The number of oxime groups is 1. The highest BCUT2D eigenvalue weighted by Gasteiger charge is 2.19. The molecule has 0 unspecified atom stereocenters. The van der Waals surface area contributed by atoms with E-state index >= 15 is 0 Å². The number of pyridine rings is 1. The van der Waals surface area contributed by atoms with Crippen molar-refractivity contribution in [1.82, 2.24) is 20.0 Å². The Morgan fingerprint density at radius 3 is 2.78 bits per heavy atom. The molecule has 8 nitrogen and oxygen atoms in total. The fourth-order valence-electron chi connectivity index (χ4n) is 4.49. The Hall–Kier alpha value is -3.26. The zero-order valence-corrected chi connectivity index (χ0v) is 21.9. The van der Waals surface area contributed by atoms with E-state index < -0.39 is 0 Å². The summed E-state index contributed by atoms with van der Waals surface area (Å²) in [6, 6.07) is 12.2. The third kappa shape index (κ3) is 6.49. The maximum atomic E-state index is 9.89. The smallest absolute Gasteiger partial charge is 0.169 e. The molecule has 36 heavy (non-hydrogen) atoms. The summed E-state index contributed by atoms with van der Waals surface area (Å²) in [6.45, 7) is 10.1. The van der Waals surface area contributed by atoms with Gasteiger partial charge in [0, 0.05) is 25.2 Å². The molecule has 1 aliphatic heterocycles. The molecule has 3 aromatic rings. The van der Waals surface area contributed by atoms with Gasteiger partial charge >= 0.3 is 0 Å². The molecule has 3 heterocycles. The topological polar surface area (TPSA) is 88.7 Å². The highest BCUT2D eigenvalue weighted by molar-refractivity contribution is 5.81. The van der Waals surface area contributed by atoms with Crippen molar-refractivity contribution in [3.05, 3.63) is 70.8 Å². The number of aryl methyl sites for hydroxylation is 3. The van der Waals surface area contributed by atoms with Gasteiger partial charge in [-0.2, -0.15) is 0 Å². The number of fused-ring (bicyclic) bond motifs is 1. The number of hydrogen-bond donors (Lipinski definition) is 1. The van der Waals surface area contributed by atoms with Gasteiger partial charge < -0.3 is 14.8 Å². The van der Waals surface area contributed by atoms with Crippen LogP contribution in [-0.4, -0.2) is 50.5 Å². The van der Waals surface area contributed by atoms with Crippen molar-refractivity contribution in [1.29, 1.82) is 0 Å². The first-order valence-corrected chi connectivity index (χ1v) is 12.9. The molecule has 0 amide bonds. The lowest BCUT2D eigenvalue weighted by Crippen LogP contribution is -2.27. The molecular weight excluding hydrogens is 452 g/mol. The number of aliphatic hydroxyl groups is 1. The lowest BCUT2D eigenvalue weighted by molar-refractivity contribution is 0.0685. The van der Waals surface area contributed by atoms with Crippen LogP contribution >= 0.6 is 0 Å². The predicted octanol–water partition coefficient (Wildman–Crippen LogP) is 4.75. The van der Waals surface area contributed by atoms with Crippen LogP contribution in [-0.2, 0) is 17.7 Å². The van der Waals surface area contributed by atoms with Crippen LogP contribution in [0.1, 0.15) is 73.5 Å². The van der Waals surface area contributed by atoms with Gasteiger partial charge in [0.2, 0.25) is 0 Å². The van der Waals surface area contributed by atoms with E-state index in [1.165, 1.54) is 29.8 Å². The Morgan fingerprint density at radius 2 is 2.00 bits per heavy atom. The van der Waals surface area contributed by atoms with Crippen molar-refractivity contribution in [2.24, 2.45) is 5.16 Å². The minimum absolute atomic E-state index is 0.0154. The maximum Gasteiger partial charge on any atom is 0.169 e. The summed E-state index contributed by atoms with van der Waals surface area (Å²) in [7, 11) is 0. The molecule has 1 aliphatic rings. The zero-order valence-electron chi connectivity index (χ0n) is 21.9. The summed E-state index contributed by atoms with van der Waals surface area (Å²) in [6.07, 6.45) is 6.40. The molecule has 1 aromatic carbocycles. The SMILES string of the molecule is C/C(CCN1CCCCc2nc(C)c(C)cc21)=N/O[C@H](C)c1cn([C@H](CO)Cc2ccccc2)nn1. The van der Waals surface area contributed by atoms with Crippen molar-refractivity contribution < 1.29 is 9.94 Å². The third-order valence-corrected chi connectivity index (χ3v) is 6.91. The second-order valence-electron chi connectivity index (χ2n) is 9.77. The van der Waals surface area contributed by atoms with Crippen LogP contribution in [0.15, 0.2) is 47.8 Å². The van der Waals surface area contributed by atoms with Crippen molar-refractivity contribution in [3.63, 3.8) is 0 Å². The first-order chi connectivity index (χ1) is 17.4. The molecule has 0 saturated carbocycles. The van der Waals surface area contributed by atoms with E-state index in [2.05, 4.69) is 40.3 Å². The van der Waals surface area contributed by atoms with Gasteiger partial charge in [0.15, 0.2) is 6.10 Å². The number of rotatable bonds is 10. The van der Waals surface area contributed by atoms with Crippen LogP contribution in [0.4, 0.5) is 5.69 Å². The second-order valence-corrected chi connectivity index (χ2v) is 9.77. The number of nitrogens with zero attached hydrogens (tertiary/aromatic N) is 6. The fourth-order valence-corrected chi connectivity index (χ4v) is 4.49. The van der Waals surface area contributed by atoms with Gasteiger partial charge in [0.05, 0.1) is 35.9 Å². The van der Waals surface area contributed by atoms with Crippen LogP contribution in [0.25, 0.3) is 0 Å². The largest absolute Gasteiger partial charge is 0.394 e. The number of aliphatic hydroxyl groups excluding tert-OH is 1. The molecule has 0 spiro atoms. The summed E-state index contributed by atoms with van der Waals surface area (Å²) in [5.41, 5.74) is 7.62. The molecule has 192 valence electrons. The normalized spacial score (nSPS) is 15.8. The minimum Gasteiger partial charge on any atom is -0.394 e. The molecule has 1 N–H and O–H groups in total. The molecule has 8 heteroatoms. The van der Waals surface area contributed by atoms with Crippen LogP contribution in [0.5, 0.6) is 0 Å². The van der Waals surface area contributed by atoms with Crippen LogP contribution in [0, 0.1) is 13.8 Å². The molecule has 0 radical (unpaired) electrons. The Bertz CT molecular complexity index is 1160.